The van der Waals surface area contributed by atoms with Crippen LogP contribution in [0.15, 0.2) is 59.2 Å². The van der Waals surface area contributed by atoms with E-state index in [1.54, 1.807) is 9.13 Å². The highest BCUT2D eigenvalue weighted by atomic mass is 79.9. The van der Waals surface area contributed by atoms with Crippen molar-refractivity contribution in [1.29, 1.82) is 5.41 Å². The molecule has 0 aliphatic rings. The Morgan fingerprint density at radius 2 is 1.88 bits per heavy atom. The average molecular weight is 384 g/mol. The van der Waals surface area contributed by atoms with E-state index in [0.717, 1.165) is 21.3 Å². The zero-order valence-electron chi connectivity index (χ0n) is 13.6. The zero-order chi connectivity index (χ0) is 17.3. The third-order valence-electron chi connectivity index (χ3n) is 4.04. The van der Waals surface area contributed by atoms with Crippen LogP contribution in [0.3, 0.4) is 0 Å². The summed E-state index contributed by atoms with van der Waals surface area (Å²) in [5.74, 6) is -0.0000998. The molecule has 3 rings (SSSR count). The molecule has 3 aromatic rings. The van der Waals surface area contributed by atoms with Gasteiger partial charge in [0.05, 0.1) is 12.2 Å². The van der Waals surface area contributed by atoms with Crippen LogP contribution in [-0.2, 0) is 13.6 Å². The van der Waals surface area contributed by atoms with Crippen LogP contribution < -0.4 is 5.62 Å². The van der Waals surface area contributed by atoms with E-state index in [0.29, 0.717) is 11.2 Å². The summed E-state index contributed by atoms with van der Waals surface area (Å²) >= 11 is 3.47. The van der Waals surface area contributed by atoms with Gasteiger partial charge in [0.25, 0.3) is 0 Å². The van der Waals surface area contributed by atoms with Crippen LogP contribution in [0, 0.1) is 12.3 Å². The molecule has 1 aromatic heterocycles. The van der Waals surface area contributed by atoms with E-state index in [4.69, 9.17) is 5.41 Å². The van der Waals surface area contributed by atoms with Crippen molar-refractivity contribution in [1.82, 2.24) is 9.13 Å². The molecule has 1 N–H and O–H groups in total. The largest absolute Gasteiger partial charge is 0.314 e. The van der Waals surface area contributed by atoms with Crippen molar-refractivity contribution in [2.24, 2.45) is 7.05 Å². The molecule has 4 nitrogen and oxygen atoms in total. The van der Waals surface area contributed by atoms with Crippen LogP contribution in [-0.4, -0.2) is 14.9 Å². The van der Waals surface area contributed by atoms with Gasteiger partial charge in [-0.2, -0.15) is 0 Å². The highest BCUT2D eigenvalue weighted by molar-refractivity contribution is 9.10. The second-order valence-electron chi connectivity index (χ2n) is 5.82. The van der Waals surface area contributed by atoms with E-state index in [1.807, 2.05) is 68.7 Å². The second kappa shape index (κ2) is 6.61. The molecule has 0 aliphatic carbocycles. The summed E-state index contributed by atoms with van der Waals surface area (Å²) in [7, 11) is 1.84. The highest BCUT2D eigenvalue weighted by Gasteiger charge is 2.12. The summed E-state index contributed by atoms with van der Waals surface area (Å²) in [5.41, 5.74) is 3.99. The first-order chi connectivity index (χ1) is 11.5. The van der Waals surface area contributed by atoms with Crippen molar-refractivity contribution >= 4 is 21.7 Å². The monoisotopic (exact) mass is 383 g/mol. The number of aromatic nitrogens is 2. The third-order valence-corrected chi connectivity index (χ3v) is 4.53. The Kier molecular flexibility index (Phi) is 4.53. The number of carbonyl (C=O) groups is 1. The van der Waals surface area contributed by atoms with Gasteiger partial charge in [0.1, 0.15) is 0 Å². The fourth-order valence-electron chi connectivity index (χ4n) is 2.62. The number of carbonyl (C=O) groups excluding carboxylic acids is 1. The van der Waals surface area contributed by atoms with Gasteiger partial charge in [-0.15, -0.1) is 0 Å². The number of hydrogen-bond acceptors (Lipinski definition) is 2. The molecule has 24 heavy (non-hydrogen) atoms. The lowest BCUT2D eigenvalue weighted by Crippen LogP contribution is -2.25. The van der Waals surface area contributed by atoms with Gasteiger partial charge in [-0.1, -0.05) is 57.9 Å². The number of ketones is 1. The number of Topliss-reactive ketones (excluding diaryl/α,β-unsaturated/α-hetero) is 1. The normalized spacial score (nSPS) is 10.8. The Labute approximate surface area is 149 Å². The van der Waals surface area contributed by atoms with Gasteiger partial charge in [-0.05, 0) is 19.1 Å². The number of nitrogens with one attached hydrogen (secondary N) is 1. The number of rotatable bonds is 4. The highest BCUT2D eigenvalue weighted by Crippen LogP contribution is 2.21. The lowest BCUT2D eigenvalue weighted by molar-refractivity contribution is 0.0970. The minimum absolute atomic E-state index is 0.0000998. The van der Waals surface area contributed by atoms with Gasteiger partial charge in [0, 0.05) is 28.8 Å². The Bertz CT molecular complexity index is 951. The summed E-state index contributed by atoms with van der Waals surface area (Å²) in [6.07, 6.45) is 1.86. The molecule has 0 amide bonds. The molecule has 5 heteroatoms. The van der Waals surface area contributed by atoms with Crippen LogP contribution in [0.25, 0.3) is 11.3 Å². The molecule has 122 valence electrons. The minimum Gasteiger partial charge on any atom is -0.314 e. The van der Waals surface area contributed by atoms with E-state index in [9.17, 15) is 4.79 Å². The summed E-state index contributed by atoms with van der Waals surface area (Å²) < 4.78 is 4.44. The number of nitrogens with zero attached hydrogens (tertiary/aromatic N) is 2. The van der Waals surface area contributed by atoms with E-state index < -0.39 is 0 Å². The molecule has 0 unspecified atom stereocenters. The Balaban J connectivity index is 1.92. The number of aryl methyl sites for hydroxylation is 1. The molecule has 0 saturated heterocycles. The maximum atomic E-state index is 12.5. The molecule has 0 fully saturated rings. The van der Waals surface area contributed by atoms with Crippen LogP contribution >= 0.6 is 15.9 Å². The molecule has 0 spiro atoms. The predicted octanol–water partition coefficient (Wildman–Crippen LogP) is 3.93. The Hall–Kier alpha value is -2.40. The quantitative estimate of drug-likeness (QED) is 0.681. The van der Waals surface area contributed by atoms with Crippen LogP contribution in [0.1, 0.15) is 15.9 Å². The SMILES string of the molecule is Cc1ccc(C(=O)Cn2cc(-c3cccc(Br)c3)n(C)c2=N)cc1. The maximum Gasteiger partial charge on any atom is 0.202 e. The van der Waals surface area contributed by atoms with Gasteiger partial charge < -0.3 is 9.13 Å². The summed E-state index contributed by atoms with van der Waals surface area (Å²) in [6, 6.07) is 15.4. The number of hydrogen-bond donors (Lipinski definition) is 1. The molecular weight excluding hydrogens is 366 g/mol. The van der Waals surface area contributed by atoms with Crippen LogP contribution in [0.4, 0.5) is 0 Å². The van der Waals surface area contributed by atoms with Crippen molar-refractivity contribution in [3.05, 3.63) is 75.9 Å². The predicted molar refractivity (Wildman–Crippen MR) is 97.9 cm³/mol. The fraction of sp³-hybridized carbons (Fsp3) is 0.158. The molecule has 0 radical (unpaired) electrons. The molecule has 1 heterocycles. The molecule has 0 aliphatic heterocycles. The lowest BCUT2D eigenvalue weighted by Gasteiger charge is -2.03. The van der Waals surface area contributed by atoms with Crippen LogP contribution in [0.2, 0.25) is 0 Å². The molecule has 0 saturated carbocycles. The van der Waals surface area contributed by atoms with Gasteiger partial charge in [-0.25, -0.2) is 0 Å². The Morgan fingerprint density at radius 1 is 1.17 bits per heavy atom. The first-order valence-electron chi connectivity index (χ1n) is 7.62. The summed E-state index contributed by atoms with van der Waals surface area (Å²) in [4.78, 5) is 12.5. The van der Waals surface area contributed by atoms with E-state index in [-0.39, 0.29) is 12.3 Å². The van der Waals surface area contributed by atoms with Crippen molar-refractivity contribution in [2.75, 3.05) is 0 Å². The number of imidazole rings is 1. The molecule has 0 bridgehead atoms. The smallest absolute Gasteiger partial charge is 0.202 e. The molecular formula is C19H18BrN3O. The maximum absolute atomic E-state index is 12.5. The topological polar surface area (TPSA) is 50.8 Å². The first kappa shape index (κ1) is 16.5. The van der Waals surface area contributed by atoms with Crippen molar-refractivity contribution in [2.45, 2.75) is 13.5 Å². The second-order valence-corrected chi connectivity index (χ2v) is 6.74. The van der Waals surface area contributed by atoms with Gasteiger partial charge >= 0.3 is 0 Å². The summed E-state index contributed by atoms with van der Waals surface area (Å²) in [5, 5.41) is 8.27. The number of benzene rings is 2. The zero-order valence-corrected chi connectivity index (χ0v) is 15.2. The molecule has 2 aromatic carbocycles. The minimum atomic E-state index is -0.0000998. The van der Waals surface area contributed by atoms with Gasteiger partial charge in [-0.3, -0.25) is 10.2 Å². The summed E-state index contributed by atoms with van der Waals surface area (Å²) in [6.45, 7) is 2.15. The fourth-order valence-corrected chi connectivity index (χ4v) is 3.02. The van der Waals surface area contributed by atoms with Crippen LogP contribution in [0.5, 0.6) is 0 Å². The first-order valence-corrected chi connectivity index (χ1v) is 8.41. The van der Waals surface area contributed by atoms with E-state index in [2.05, 4.69) is 15.9 Å². The third kappa shape index (κ3) is 3.26. The lowest BCUT2D eigenvalue weighted by atomic mass is 10.1. The standard InChI is InChI=1S/C19H18BrN3O/c1-13-6-8-14(9-7-13)18(24)12-23-11-17(22(2)19(23)21)15-4-3-5-16(20)10-15/h3-11,21H,12H2,1-2H3. The number of halogens is 1. The van der Waals surface area contributed by atoms with Gasteiger partial charge in [0.15, 0.2) is 5.78 Å². The van der Waals surface area contributed by atoms with Crippen molar-refractivity contribution in [3.8, 4) is 11.3 Å². The average Bonchev–Trinajstić information content (AvgIpc) is 2.84. The Morgan fingerprint density at radius 3 is 2.54 bits per heavy atom. The van der Waals surface area contributed by atoms with E-state index in [1.165, 1.54) is 0 Å². The van der Waals surface area contributed by atoms with E-state index >= 15 is 0 Å². The van der Waals surface area contributed by atoms with Crippen molar-refractivity contribution < 1.29 is 4.79 Å². The van der Waals surface area contributed by atoms with Gasteiger partial charge in [0.2, 0.25) is 5.62 Å². The van der Waals surface area contributed by atoms with Crippen molar-refractivity contribution in [3.63, 3.8) is 0 Å². The molecule has 0 atom stereocenters.